The van der Waals surface area contributed by atoms with E-state index >= 15 is 0 Å². The van der Waals surface area contributed by atoms with Crippen molar-refractivity contribution in [3.05, 3.63) is 41.1 Å². The van der Waals surface area contributed by atoms with Gasteiger partial charge in [0.05, 0.1) is 0 Å². The van der Waals surface area contributed by atoms with Crippen LogP contribution < -0.4 is 14.8 Å². The Morgan fingerprint density at radius 3 is 2.90 bits per heavy atom. The van der Waals surface area contributed by atoms with E-state index in [0.717, 1.165) is 18.7 Å². The third kappa shape index (κ3) is 4.12. The predicted molar refractivity (Wildman–Crippen MR) is 78.8 cm³/mol. The van der Waals surface area contributed by atoms with E-state index in [4.69, 9.17) is 25.6 Å². The molecule has 1 N–H and O–H groups in total. The normalized spacial score (nSPS) is 17.9. The maximum atomic E-state index is 5.82. The van der Waals surface area contributed by atoms with Crippen LogP contribution in [0.4, 0.5) is 0 Å². The Balaban J connectivity index is 1.46. The standard InChI is InChI=1S/C15H17ClN2O3/c16-11-3-5-13(6-4-11)19-10-14-8-15(18-21-14)20-9-12-2-1-7-17-12/h3-6,8,12,17H,1-2,7,9-10H2/t12-/m0/s1. The highest BCUT2D eigenvalue weighted by Crippen LogP contribution is 2.18. The van der Waals surface area contributed by atoms with E-state index in [2.05, 4.69) is 10.5 Å². The zero-order valence-corrected chi connectivity index (χ0v) is 12.3. The van der Waals surface area contributed by atoms with Crippen LogP contribution in [-0.2, 0) is 6.61 Å². The van der Waals surface area contributed by atoms with Crippen LogP contribution in [-0.4, -0.2) is 24.4 Å². The van der Waals surface area contributed by atoms with E-state index in [1.54, 1.807) is 18.2 Å². The third-order valence-corrected chi connectivity index (χ3v) is 3.58. The lowest BCUT2D eigenvalue weighted by molar-refractivity contribution is 0.230. The molecule has 2 aromatic rings. The maximum absolute atomic E-state index is 5.82. The van der Waals surface area contributed by atoms with E-state index in [9.17, 15) is 0 Å². The molecule has 0 spiro atoms. The molecule has 3 rings (SSSR count). The molecule has 1 aliphatic heterocycles. The minimum Gasteiger partial charge on any atom is -0.486 e. The Morgan fingerprint density at radius 1 is 1.29 bits per heavy atom. The molecule has 112 valence electrons. The lowest BCUT2D eigenvalue weighted by Gasteiger charge is -2.08. The molecule has 0 unspecified atom stereocenters. The highest BCUT2D eigenvalue weighted by molar-refractivity contribution is 6.30. The van der Waals surface area contributed by atoms with E-state index < -0.39 is 0 Å². The summed E-state index contributed by atoms with van der Waals surface area (Å²) in [5.74, 6) is 1.85. The first-order valence-electron chi connectivity index (χ1n) is 7.00. The van der Waals surface area contributed by atoms with Crippen LogP contribution in [0.3, 0.4) is 0 Å². The minimum atomic E-state index is 0.305. The summed E-state index contributed by atoms with van der Waals surface area (Å²) in [7, 11) is 0. The van der Waals surface area contributed by atoms with Gasteiger partial charge < -0.3 is 19.3 Å². The van der Waals surface area contributed by atoms with Crippen LogP contribution in [0.1, 0.15) is 18.6 Å². The Kier molecular flexibility index (Phi) is 4.62. The predicted octanol–water partition coefficient (Wildman–Crippen LogP) is 3.04. The summed E-state index contributed by atoms with van der Waals surface area (Å²) in [6.07, 6.45) is 2.34. The second-order valence-corrected chi connectivity index (χ2v) is 5.41. The first kappa shape index (κ1) is 14.2. The zero-order chi connectivity index (χ0) is 14.5. The lowest BCUT2D eigenvalue weighted by atomic mass is 10.2. The van der Waals surface area contributed by atoms with Gasteiger partial charge >= 0.3 is 0 Å². The van der Waals surface area contributed by atoms with Gasteiger partial charge in [0, 0.05) is 17.1 Å². The zero-order valence-electron chi connectivity index (χ0n) is 11.5. The summed E-state index contributed by atoms with van der Waals surface area (Å²) in [4.78, 5) is 0. The van der Waals surface area contributed by atoms with Crippen LogP contribution >= 0.6 is 11.6 Å². The summed E-state index contributed by atoms with van der Waals surface area (Å²) in [5.41, 5.74) is 0. The molecule has 6 heteroatoms. The van der Waals surface area contributed by atoms with Crippen molar-refractivity contribution in [2.75, 3.05) is 13.2 Å². The molecule has 21 heavy (non-hydrogen) atoms. The van der Waals surface area contributed by atoms with Crippen molar-refractivity contribution in [1.82, 2.24) is 10.5 Å². The van der Waals surface area contributed by atoms with Crippen LogP contribution in [0, 0.1) is 0 Å². The van der Waals surface area contributed by atoms with Crippen molar-refractivity contribution in [2.45, 2.75) is 25.5 Å². The number of ether oxygens (including phenoxy) is 2. The molecular weight excluding hydrogens is 292 g/mol. The van der Waals surface area contributed by atoms with E-state index in [1.807, 2.05) is 12.1 Å². The molecule has 2 heterocycles. The van der Waals surface area contributed by atoms with Gasteiger partial charge in [-0.3, -0.25) is 0 Å². The molecule has 1 saturated heterocycles. The van der Waals surface area contributed by atoms with Crippen LogP contribution in [0.2, 0.25) is 5.02 Å². The van der Waals surface area contributed by atoms with Crippen LogP contribution in [0.15, 0.2) is 34.9 Å². The number of aromatic nitrogens is 1. The van der Waals surface area contributed by atoms with Crippen molar-refractivity contribution in [3.63, 3.8) is 0 Å². The van der Waals surface area contributed by atoms with Gasteiger partial charge in [0.2, 0.25) is 0 Å². The average Bonchev–Trinajstić information content (AvgIpc) is 3.16. The number of nitrogens with one attached hydrogen (secondary N) is 1. The Labute approximate surface area is 128 Å². The van der Waals surface area contributed by atoms with Gasteiger partial charge in [-0.15, -0.1) is 0 Å². The molecule has 0 amide bonds. The second kappa shape index (κ2) is 6.83. The van der Waals surface area contributed by atoms with Gasteiger partial charge in [0.15, 0.2) is 5.76 Å². The van der Waals surface area contributed by atoms with Gasteiger partial charge in [-0.1, -0.05) is 11.6 Å². The fourth-order valence-electron chi connectivity index (χ4n) is 2.20. The number of hydrogen-bond acceptors (Lipinski definition) is 5. The third-order valence-electron chi connectivity index (χ3n) is 3.33. The van der Waals surface area contributed by atoms with Crippen molar-refractivity contribution in [1.29, 1.82) is 0 Å². The highest BCUT2D eigenvalue weighted by Gasteiger charge is 2.15. The highest BCUT2D eigenvalue weighted by atomic mass is 35.5. The van der Waals surface area contributed by atoms with Crippen LogP contribution in [0.5, 0.6) is 11.6 Å². The number of benzene rings is 1. The van der Waals surface area contributed by atoms with E-state index in [1.165, 1.54) is 6.42 Å². The summed E-state index contributed by atoms with van der Waals surface area (Å²) in [6.45, 7) is 1.98. The molecule has 1 aromatic heterocycles. The van der Waals surface area contributed by atoms with Crippen molar-refractivity contribution < 1.29 is 14.0 Å². The van der Waals surface area contributed by atoms with Gasteiger partial charge in [0.1, 0.15) is 19.0 Å². The molecule has 0 saturated carbocycles. The molecule has 0 aliphatic carbocycles. The fourth-order valence-corrected chi connectivity index (χ4v) is 2.33. The number of hydrogen-bond donors (Lipinski definition) is 1. The number of rotatable bonds is 6. The summed E-state index contributed by atoms with van der Waals surface area (Å²) in [5, 5.41) is 7.92. The Hall–Kier alpha value is -1.72. The van der Waals surface area contributed by atoms with Gasteiger partial charge in [0.25, 0.3) is 5.88 Å². The van der Waals surface area contributed by atoms with Gasteiger partial charge in [-0.2, -0.15) is 0 Å². The van der Waals surface area contributed by atoms with E-state index in [0.29, 0.717) is 35.9 Å². The Bertz CT molecular complexity index is 565. The monoisotopic (exact) mass is 308 g/mol. The van der Waals surface area contributed by atoms with Gasteiger partial charge in [-0.25, -0.2) is 0 Å². The molecule has 5 nitrogen and oxygen atoms in total. The molecular formula is C15H17ClN2O3. The molecule has 1 aromatic carbocycles. The quantitative estimate of drug-likeness (QED) is 0.889. The molecule has 1 atom stereocenters. The fraction of sp³-hybridized carbons (Fsp3) is 0.400. The first-order valence-corrected chi connectivity index (χ1v) is 7.37. The number of halogens is 1. The number of nitrogens with zero attached hydrogens (tertiary/aromatic N) is 1. The minimum absolute atomic E-state index is 0.305. The Morgan fingerprint density at radius 2 is 2.14 bits per heavy atom. The maximum Gasteiger partial charge on any atom is 0.254 e. The second-order valence-electron chi connectivity index (χ2n) is 4.98. The molecule has 0 radical (unpaired) electrons. The molecule has 1 fully saturated rings. The first-order chi connectivity index (χ1) is 10.3. The van der Waals surface area contributed by atoms with Crippen molar-refractivity contribution in [3.8, 4) is 11.6 Å². The summed E-state index contributed by atoms with van der Waals surface area (Å²) < 4.78 is 16.4. The average molecular weight is 309 g/mol. The molecule has 1 aliphatic rings. The summed E-state index contributed by atoms with van der Waals surface area (Å²) in [6, 6.07) is 9.34. The smallest absolute Gasteiger partial charge is 0.254 e. The topological polar surface area (TPSA) is 56.5 Å². The van der Waals surface area contributed by atoms with Crippen LogP contribution in [0.25, 0.3) is 0 Å². The SMILES string of the molecule is Clc1ccc(OCc2cc(OC[C@@H]3CCCN3)no2)cc1. The molecule has 0 bridgehead atoms. The lowest BCUT2D eigenvalue weighted by Crippen LogP contribution is -2.28. The van der Waals surface area contributed by atoms with E-state index in [-0.39, 0.29) is 0 Å². The van der Waals surface area contributed by atoms with Crippen molar-refractivity contribution >= 4 is 11.6 Å². The van der Waals surface area contributed by atoms with Gasteiger partial charge in [-0.05, 0) is 48.8 Å². The largest absolute Gasteiger partial charge is 0.486 e. The summed E-state index contributed by atoms with van der Waals surface area (Å²) >= 11 is 5.82. The van der Waals surface area contributed by atoms with Crippen molar-refractivity contribution in [2.24, 2.45) is 0 Å².